The highest BCUT2D eigenvalue weighted by Crippen LogP contribution is 2.32. The molecule has 2 aromatic heterocycles. The van der Waals surface area contributed by atoms with E-state index in [-0.39, 0.29) is 10.6 Å². The van der Waals surface area contributed by atoms with Gasteiger partial charge in [0.25, 0.3) is 10.0 Å². The number of nitrogens with one attached hydrogen (secondary N) is 1. The minimum absolute atomic E-state index is 0.162. The van der Waals surface area contributed by atoms with Crippen molar-refractivity contribution in [1.29, 1.82) is 0 Å². The summed E-state index contributed by atoms with van der Waals surface area (Å²) in [4.78, 5) is 12.2. The zero-order chi connectivity index (χ0) is 17.9. The van der Waals surface area contributed by atoms with Crippen LogP contribution in [0.25, 0.3) is 11.0 Å². The van der Waals surface area contributed by atoms with Crippen molar-refractivity contribution >= 4 is 26.9 Å². The van der Waals surface area contributed by atoms with E-state index in [1.807, 2.05) is 6.92 Å². The Hall–Kier alpha value is -2.55. The van der Waals surface area contributed by atoms with Gasteiger partial charge in [0, 0.05) is 31.9 Å². The van der Waals surface area contributed by atoms with Crippen LogP contribution < -0.4 is 9.99 Å². The molecule has 4 rings (SSSR count). The molecule has 1 aliphatic rings. The summed E-state index contributed by atoms with van der Waals surface area (Å²) in [5, 5.41) is 7.07. The molecule has 132 valence electrons. The van der Waals surface area contributed by atoms with Gasteiger partial charge < -0.3 is 0 Å². The molecule has 0 fully saturated rings. The number of H-pyrrole nitrogens is 1. The first-order valence-corrected chi connectivity index (χ1v) is 9.48. The zero-order valence-corrected chi connectivity index (χ0v) is 15.1. The Labute approximate surface area is 144 Å². The van der Waals surface area contributed by atoms with Gasteiger partial charge >= 0.3 is 5.69 Å². The number of sulfonamides is 1. The van der Waals surface area contributed by atoms with Crippen molar-refractivity contribution in [3.8, 4) is 0 Å². The van der Waals surface area contributed by atoms with Gasteiger partial charge in [0.2, 0.25) is 0 Å². The molecule has 3 aromatic rings. The lowest BCUT2D eigenvalue weighted by Gasteiger charge is -2.27. The standard InChI is InChI=1S/C16H19N5O3S/c1-10-12-5-4-8-21(15(12)18-17-10)25(23,24)11-6-7-13-14(9-11)20(3)16(22)19(13)2/h6-7,9H,4-5,8H2,1-3H3,(H,17,18). The number of imidazole rings is 1. The number of aromatic amines is 1. The van der Waals surface area contributed by atoms with E-state index in [1.54, 1.807) is 32.3 Å². The summed E-state index contributed by atoms with van der Waals surface area (Å²) in [6.07, 6.45) is 1.56. The average molecular weight is 361 g/mol. The molecule has 0 atom stereocenters. The van der Waals surface area contributed by atoms with Crippen LogP contribution in [-0.4, -0.2) is 34.3 Å². The Bertz CT molecular complexity index is 1150. The molecule has 0 unspecified atom stereocenters. The molecule has 1 N–H and O–H groups in total. The van der Waals surface area contributed by atoms with Gasteiger partial charge in [0.15, 0.2) is 5.82 Å². The van der Waals surface area contributed by atoms with Crippen LogP contribution in [0.5, 0.6) is 0 Å². The largest absolute Gasteiger partial charge is 0.328 e. The molecule has 0 aliphatic carbocycles. The lowest BCUT2D eigenvalue weighted by molar-refractivity contribution is 0.586. The maximum absolute atomic E-state index is 13.2. The van der Waals surface area contributed by atoms with E-state index in [2.05, 4.69) is 10.2 Å². The second-order valence-corrected chi connectivity index (χ2v) is 8.24. The first kappa shape index (κ1) is 15.9. The predicted molar refractivity (Wildman–Crippen MR) is 94.3 cm³/mol. The Morgan fingerprint density at radius 1 is 1.16 bits per heavy atom. The lowest BCUT2D eigenvalue weighted by Crippen LogP contribution is -2.35. The van der Waals surface area contributed by atoms with E-state index < -0.39 is 10.0 Å². The van der Waals surface area contributed by atoms with E-state index in [1.165, 1.54) is 13.4 Å². The fourth-order valence-electron chi connectivity index (χ4n) is 3.46. The maximum Gasteiger partial charge on any atom is 0.328 e. The summed E-state index contributed by atoms with van der Waals surface area (Å²) < 4.78 is 30.7. The van der Waals surface area contributed by atoms with E-state index in [4.69, 9.17) is 0 Å². The minimum Gasteiger partial charge on any atom is -0.295 e. The number of nitrogens with zero attached hydrogens (tertiary/aromatic N) is 4. The van der Waals surface area contributed by atoms with Gasteiger partial charge in [0.1, 0.15) is 0 Å². The highest BCUT2D eigenvalue weighted by Gasteiger charge is 2.32. The molecule has 0 amide bonds. The summed E-state index contributed by atoms with van der Waals surface area (Å²) >= 11 is 0. The third kappa shape index (κ3) is 2.15. The molecule has 0 bridgehead atoms. The summed E-state index contributed by atoms with van der Waals surface area (Å²) in [7, 11) is -0.443. The first-order valence-electron chi connectivity index (χ1n) is 8.04. The van der Waals surface area contributed by atoms with Gasteiger partial charge in [-0.15, -0.1) is 0 Å². The summed E-state index contributed by atoms with van der Waals surface area (Å²) in [5.41, 5.74) is 2.94. The number of fused-ring (bicyclic) bond motifs is 2. The number of aromatic nitrogens is 4. The highest BCUT2D eigenvalue weighted by atomic mass is 32.2. The SMILES string of the molecule is Cc1[nH]nc2c1CCCN2S(=O)(=O)c1ccc2c(c1)n(C)c(=O)n2C. The topological polar surface area (TPSA) is 93.0 Å². The molecule has 25 heavy (non-hydrogen) atoms. The Kier molecular flexibility index (Phi) is 3.33. The molecule has 8 nitrogen and oxygen atoms in total. The molecule has 0 radical (unpaired) electrons. The number of benzene rings is 1. The fraction of sp³-hybridized carbons (Fsp3) is 0.375. The van der Waals surface area contributed by atoms with Crippen LogP contribution in [0, 0.1) is 6.92 Å². The zero-order valence-electron chi connectivity index (χ0n) is 14.3. The van der Waals surface area contributed by atoms with Crippen LogP contribution in [0.15, 0.2) is 27.9 Å². The third-order valence-electron chi connectivity index (χ3n) is 4.91. The van der Waals surface area contributed by atoms with Crippen LogP contribution in [0.1, 0.15) is 17.7 Å². The normalized spacial score (nSPS) is 14.9. The van der Waals surface area contributed by atoms with Crippen molar-refractivity contribution in [3.63, 3.8) is 0 Å². The van der Waals surface area contributed by atoms with Gasteiger partial charge in [-0.05, 0) is 38.0 Å². The molecule has 9 heteroatoms. The third-order valence-corrected chi connectivity index (χ3v) is 6.69. The molecule has 1 aromatic carbocycles. The van der Waals surface area contributed by atoms with Crippen LogP contribution >= 0.6 is 0 Å². The van der Waals surface area contributed by atoms with Gasteiger partial charge in [-0.1, -0.05) is 0 Å². The van der Waals surface area contributed by atoms with E-state index in [0.29, 0.717) is 23.4 Å². The van der Waals surface area contributed by atoms with E-state index in [0.717, 1.165) is 24.1 Å². The Morgan fingerprint density at radius 3 is 2.64 bits per heavy atom. The van der Waals surface area contributed by atoms with Gasteiger partial charge in [-0.25, -0.2) is 17.5 Å². The van der Waals surface area contributed by atoms with Crippen molar-refractivity contribution in [2.45, 2.75) is 24.7 Å². The molecule has 1 aliphatic heterocycles. The number of anilines is 1. The minimum atomic E-state index is -3.75. The van der Waals surface area contributed by atoms with Gasteiger partial charge in [-0.3, -0.25) is 14.2 Å². The maximum atomic E-state index is 13.2. The second-order valence-electron chi connectivity index (χ2n) is 6.38. The average Bonchev–Trinajstić information content (AvgIpc) is 3.09. The molecular weight excluding hydrogens is 342 g/mol. The first-order chi connectivity index (χ1) is 11.8. The summed E-state index contributed by atoms with van der Waals surface area (Å²) in [6, 6.07) is 4.77. The molecule has 0 saturated carbocycles. The summed E-state index contributed by atoms with van der Waals surface area (Å²) in [5.74, 6) is 0.478. The van der Waals surface area contributed by atoms with E-state index in [9.17, 15) is 13.2 Å². The van der Waals surface area contributed by atoms with Crippen molar-refractivity contribution in [2.75, 3.05) is 10.8 Å². The van der Waals surface area contributed by atoms with Crippen LogP contribution in [0.4, 0.5) is 5.82 Å². The van der Waals surface area contributed by atoms with Crippen molar-refractivity contribution < 1.29 is 8.42 Å². The molecule has 3 heterocycles. The monoisotopic (exact) mass is 361 g/mol. The van der Waals surface area contributed by atoms with Crippen LogP contribution in [0.3, 0.4) is 0 Å². The summed E-state index contributed by atoms with van der Waals surface area (Å²) in [6.45, 7) is 2.29. The van der Waals surface area contributed by atoms with Gasteiger partial charge in [0.05, 0.1) is 15.9 Å². The molecule has 0 saturated heterocycles. The lowest BCUT2D eigenvalue weighted by atomic mass is 10.1. The van der Waals surface area contributed by atoms with Crippen molar-refractivity contribution in [1.82, 2.24) is 19.3 Å². The molecular formula is C16H19N5O3S. The number of hydrogen-bond acceptors (Lipinski definition) is 4. The van der Waals surface area contributed by atoms with Crippen molar-refractivity contribution in [2.24, 2.45) is 14.1 Å². The van der Waals surface area contributed by atoms with E-state index >= 15 is 0 Å². The van der Waals surface area contributed by atoms with Crippen LogP contribution in [-0.2, 0) is 30.5 Å². The Balaban J connectivity index is 1.88. The highest BCUT2D eigenvalue weighted by molar-refractivity contribution is 7.92. The fourth-order valence-corrected chi connectivity index (χ4v) is 4.96. The quantitative estimate of drug-likeness (QED) is 0.738. The predicted octanol–water partition coefficient (Wildman–Crippen LogP) is 1.05. The smallest absolute Gasteiger partial charge is 0.295 e. The number of rotatable bonds is 2. The number of hydrogen-bond donors (Lipinski definition) is 1. The number of aryl methyl sites for hydroxylation is 3. The Morgan fingerprint density at radius 2 is 1.88 bits per heavy atom. The van der Waals surface area contributed by atoms with Crippen LogP contribution in [0.2, 0.25) is 0 Å². The van der Waals surface area contributed by atoms with Gasteiger partial charge in [-0.2, -0.15) is 5.10 Å². The molecule has 0 spiro atoms. The van der Waals surface area contributed by atoms with Crippen molar-refractivity contribution in [3.05, 3.63) is 39.9 Å². The second kappa shape index (κ2) is 5.22.